The van der Waals surface area contributed by atoms with E-state index in [2.05, 4.69) is 27.3 Å². The van der Waals surface area contributed by atoms with E-state index in [1.165, 1.54) is 11.3 Å². The second kappa shape index (κ2) is 4.02. The van der Waals surface area contributed by atoms with E-state index < -0.39 is 0 Å². The summed E-state index contributed by atoms with van der Waals surface area (Å²) in [5.74, 6) is 0. The van der Waals surface area contributed by atoms with Gasteiger partial charge in [0.15, 0.2) is 8.96 Å². The Balaban J connectivity index is 2.28. The maximum absolute atomic E-state index is 4.95. The predicted molar refractivity (Wildman–Crippen MR) is 58.9 cm³/mol. The molecule has 6 heteroatoms. The lowest BCUT2D eigenvalue weighted by Gasteiger charge is -1.86. The first-order valence-corrected chi connectivity index (χ1v) is 5.62. The van der Waals surface area contributed by atoms with Gasteiger partial charge in [-0.25, -0.2) is 0 Å². The van der Waals surface area contributed by atoms with Crippen molar-refractivity contribution in [1.29, 1.82) is 0 Å². The normalized spacial score (nSPS) is 10.6. The molecule has 0 atom stereocenters. The number of hydrogen-bond acceptors (Lipinski definition) is 4. The Morgan fingerprint density at radius 3 is 2.93 bits per heavy atom. The van der Waals surface area contributed by atoms with Crippen molar-refractivity contribution in [3.8, 4) is 10.7 Å². The average Bonchev–Trinajstić information content (AvgIpc) is 2.74. The molecule has 0 amide bonds. The van der Waals surface area contributed by atoms with E-state index in [1.807, 2.05) is 6.07 Å². The van der Waals surface area contributed by atoms with Crippen molar-refractivity contribution in [2.45, 2.75) is 19.8 Å². The van der Waals surface area contributed by atoms with Crippen LogP contribution in [0.15, 0.2) is 6.07 Å². The molecule has 0 aliphatic rings. The third-order valence-corrected chi connectivity index (χ3v) is 2.92. The zero-order chi connectivity index (χ0) is 9.97. The largest absolute Gasteiger partial charge is 0.282 e. The Bertz CT molecular complexity index is 467. The second-order valence-corrected chi connectivity index (χ2v) is 4.61. The Morgan fingerprint density at radius 1 is 1.43 bits per heavy atom. The van der Waals surface area contributed by atoms with E-state index in [-0.39, 0.29) is 0 Å². The average molecular weight is 226 g/mol. The van der Waals surface area contributed by atoms with Crippen molar-refractivity contribution in [2.75, 3.05) is 0 Å². The number of aromatic amines is 2. The van der Waals surface area contributed by atoms with Gasteiger partial charge in [-0.05, 0) is 24.7 Å². The summed E-state index contributed by atoms with van der Waals surface area (Å²) < 4.78 is 0.681. The molecule has 2 aromatic heterocycles. The van der Waals surface area contributed by atoms with Crippen LogP contribution in [-0.4, -0.2) is 20.4 Å². The van der Waals surface area contributed by atoms with Crippen LogP contribution in [0.25, 0.3) is 10.7 Å². The molecule has 0 saturated carbocycles. The number of rotatable bonds is 3. The number of nitrogens with one attached hydrogen (secondary N) is 2. The number of hydrogen-bond donors (Lipinski definition) is 2. The van der Waals surface area contributed by atoms with E-state index in [1.54, 1.807) is 0 Å². The zero-order valence-corrected chi connectivity index (χ0v) is 9.34. The maximum Gasteiger partial charge on any atom is 0.176 e. The molecule has 0 saturated heterocycles. The molecule has 14 heavy (non-hydrogen) atoms. The molecular formula is C8H10N4S2. The minimum atomic E-state index is 0.681. The molecule has 74 valence electrons. The zero-order valence-electron chi connectivity index (χ0n) is 7.70. The molecule has 0 aromatic carbocycles. The van der Waals surface area contributed by atoms with Crippen LogP contribution in [0.4, 0.5) is 0 Å². The smallest absolute Gasteiger partial charge is 0.176 e. The molecule has 0 aliphatic carbocycles. The standard InChI is InChI=1S/C8H10N4S2/c1-2-3-5-4-6(10-9-5)7-11-12-8(13)14-7/h4H,2-3H2,1H3,(H,9,10)(H,12,13). The molecule has 2 aromatic rings. The molecule has 0 unspecified atom stereocenters. The monoisotopic (exact) mass is 226 g/mol. The minimum absolute atomic E-state index is 0.681. The highest BCUT2D eigenvalue weighted by Gasteiger charge is 2.06. The summed E-state index contributed by atoms with van der Waals surface area (Å²) in [5.41, 5.74) is 2.01. The SMILES string of the molecule is CCCc1cc(-c2n[nH]c(=S)s2)n[nH]1. The molecule has 0 spiro atoms. The lowest BCUT2D eigenvalue weighted by Crippen LogP contribution is -1.80. The lowest BCUT2D eigenvalue weighted by atomic mass is 10.2. The Hall–Kier alpha value is -1.01. The van der Waals surface area contributed by atoms with Gasteiger partial charge in [-0.1, -0.05) is 24.7 Å². The molecule has 2 N–H and O–H groups in total. The van der Waals surface area contributed by atoms with Gasteiger partial charge in [0.05, 0.1) is 0 Å². The van der Waals surface area contributed by atoms with Crippen LogP contribution in [0.2, 0.25) is 0 Å². The quantitative estimate of drug-likeness (QED) is 0.791. The van der Waals surface area contributed by atoms with Crippen LogP contribution in [0, 0.1) is 3.95 Å². The summed E-state index contributed by atoms with van der Waals surface area (Å²) in [5, 5.41) is 14.8. The predicted octanol–water partition coefficient (Wildman–Crippen LogP) is 2.54. The number of aryl methyl sites for hydroxylation is 1. The van der Waals surface area contributed by atoms with E-state index >= 15 is 0 Å². The van der Waals surface area contributed by atoms with E-state index in [0.29, 0.717) is 3.95 Å². The van der Waals surface area contributed by atoms with Gasteiger partial charge in [-0.2, -0.15) is 10.2 Å². The van der Waals surface area contributed by atoms with Gasteiger partial charge in [-0.15, -0.1) is 0 Å². The first-order valence-electron chi connectivity index (χ1n) is 4.39. The molecule has 0 bridgehead atoms. The van der Waals surface area contributed by atoms with Crippen molar-refractivity contribution in [3.63, 3.8) is 0 Å². The van der Waals surface area contributed by atoms with Crippen molar-refractivity contribution >= 4 is 23.6 Å². The summed E-state index contributed by atoms with van der Waals surface area (Å²) in [7, 11) is 0. The third kappa shape index (κ3) is 1.91. The number of aromatic nitrogens is 4. The van der Waals surface area contributed by atoms with Crippen LogP contribution < -0.4 is 0 Å². The summed E-state index contributed by atoms with van der Waals surface area (Å²) in [6.45, 7) is 2.14. The molecule has 4 nitrogen and oxygen atoms in total. The van der Waals surface area contributed by atoms with Gasteiger partial charge in [0.1, 0.15) is 5.69 Å². The van der Waals surface area contributed by atoms with Crippen molar-refractivity contribution in [1.82, 2.24) is 20.4 Å². The van der Waals surface area contributed by atoms with Gasteiger partial charge in [0.2, 0.25) is 0 Å². The topological polar surface area (TPSA) is 57.4 Å². The van der Waals surface area contributed by atoms with Crippen LogP contribution in [-0.2, 0) is 6.42 Å². The highest BCUT2D eigenvalue weighted by molar-refractivity contribution is 7.73. The lowest BCUT2D eigenvalue weighted by molar-refractivity contribution is 0.867. The van der Waals surface area contributed by atoms with E-state index in [9.17, 15) is 0 Å². The number of H-pyrrole nitrogens is 2. The summed E-state index contributed by atoms with van der Waals surface area (Å²) in [4.78, 5) is 0. The highest BCUT2D eigenvalue weighted by atomic mass is 32.1. The first-order chi connectivity index (χ1) is 6.79. The van der Waals surface area contributed by atoms with Crippen molar-refractivity contribution in [2.24, 2.45) is 0 Å². The van der Waals surface area contributed by atoms with Gasteiger partial charge < -0.3 is 0 Å². The van der Waals surface area contributed by atoms with Crippen LogP contribution >= 0.6 is 23.6 Å². The maximum atomic E-state index is 4.95. The molecular weight excluding hydrogens is 216 g/mol. The van der Waals surface area contributed by atoms with E-state index in [4.69, 9.17) is 12.2 Å². The molecule has 2 heterocycles. The Kier molecular flexibility index (Phi) is 2.74. The first kappa shape index (κ1) is 9.54. The fourth-order valence-corrected chi connectivity index (χ4v) is 2.06. The summed E-state index contributed by atoms with van der Waals surface area (Å²) in [6.07, 6.45) is 2.13. The van der Waals surface area contributed by atoms with Crippen LogP contribution in [0.5, 0.6) is 0 Å². The fraction of sp³-hybridized carbons (Fsp3) is 0.375. The Labute approximate surface area is 90.4 Å². The minimum Gasteiger partial charge on any atom is -0.282 e. The molecule has 0 aliphatic heterocycles. The summed E-state index contributed by atoms with van der Waals surface area (Å²) >= 11 is 6.39. The molecule has 2 rings (SSSR count). The van der Waals surface area contributed by atoms with Gasteiger partial charge in [0.25, 0.3) is 0 Å². The van der Waals surface area contributed by atoms with E-state index in [0.717, 1.165) is 29.2 Å². The molecule has 0 fully saturated rings. The van der Waals surface area contributed by atoms with Crippen molar-refractivity contribution in [3.05, 3.63) is 15.7 Å². The second-order valence-electron chi connectivity index (χ2n) is 2.95. The van der Waals surface area contributed by atoms with Crippen LogP contribution in [0.3, 0.4) is 0 Å². The summed E-state index contributed by atoms with van der Waals surface area (Å²) in [6, 6.07) is 2.02. The van der Waals surface area contributed by atoms with Gasteiger partial charge >= 0.3 is 0 Å². The third-order valence-electron chi connectivity index (χ3n) is 1.81. The molecule has 0 radical (unpaired) electrons. The fourth-order valence-electron chi connectivity index (χ4n) is 1.21. The van der Waals surface area contributed by atoms with Gasteiger partial charge in [-0.3, -0.25) is 10.2 Å². The Morgan fingerprint density at radius 2 is 2.29 bits per heavy atom. The van der Waals surface area contributed by atoms with Crippen LogP contribution in [0.1, 0.15) is 19.0 Å². The highest BCUT2D eigenvalue weighted by Crippen LogP contribution is 2.20. The van der Waals surface area contributed by atoms with Crippen molar-refractivity contribution < 1.29 is 0 Å². The number of nitrogens with zero attached hydrogens (tertiary/aromatic N) is 2. The van der Waals surface area contributed by atoms with Gasteiger partial charge in [0, 0.05) is 5.69 Å².